The van der Waals surface area contributed by atoms with Gasteiger partial charge in [-0.05, 0) is 93.6 Å². The second-order valence-corrected chi connectivity index (χ2v) is 10.3. The Bertz CT molecular complexity index is 1350. The van der Waals surface area contributed by atoms with Crippen LogP contribution in [-0.4, -0.2) is 17.6 Å². The van der Waals surface area contributed by atoms with Crippen molar-refractivity contribution in [3.8, 4) is 5.75 Å². The normalized spacial score (nSPS) is 13.1. The molecular weight excluding hydrogens is 404 g/mol. The van der Waals surface area contributed by atoms with E-state index in [1.807, 2.05) is 0 Å². The van der Waals surface area contributed by atoms with Crippen LogP contribution < -0.4 is 9.64 Å². The van der Waals surface area contributed by atoms with Crippen molar-refractivity contribution < 1.29 is 4.74 Å². The Balaban J connectivity index is 1.77. The number of benzene rings is 3. The lowest BCUT2D eigenvalue weighted by Gasteiger charge is -2.42. The predicted octanol–water partition coefficient (Wildman–Crippen LogP) is 7.29. The number of rotatable bonds is 3. The van der Waals surface area contributed by atoms with Crippen LogP contribution in [0.4, 0.5) is 11.5 Å². The van der Waals surface area contributed by atoms with E-state index in [1.54, 1.807) is 7.11 Å². The molecule has 1 aromatic heterocycles. The summed E-state index contributed by atoms with van der Waals surface area (Å²) in [5.41, 5.74) is 10.2. The molecule has 0 saturated carbocycles. The van der Waals surface area contributed by atoms with Gasteiger partial charge in [0.05, 0.1) is 12.6 Å². The van der Waals surface area contributed by atoms with Crippen molar-refractivity contribution >= 4 is 22.4 Å². The highest BCUT2D eigenvalue weighted by atomic mass is 16.5. The maximum absolute atomic E-state index is 5.38. The van der Waals surface area contributed by atoms with Crippen LogP contribution in [0.1, 0.15) is 54.2 Å². The van der Waals surface area contributed by atoms with Crippen LogP contribution in [0.2, 0.25) is 0 Å². The molecule has 0 amide bonds. The summed E-state index contributed by atoms with van der Waals surface area (Å²) in [4.78, 5) is 7.72. The molecular formula is C30H32N2O. The van der Waals surface area contributed by atoms with Gasteiger partial charge in [0.2, 0.25) is 0 Å². The number of hydrogen-bond donors (Lipinski definition) is 0. The van der Waals surface area contributed by atoms with Crippen molar-refractivity contribution in [1.29, 1.82) is 0 Å². The summed E-state index contributed by atoms with van der Waals surface area (Å²) in [6.07, 6.45) is 1.77. The summed E-state index contributed by atoms with van der Waals surface area (Å²) in [5, 5.41) is 1.26. The van der Waals surface area contributed by atoms with Crippen LogP contribution >= 0.6 is 0 Å². The molecule has 0 fully saturated rings. The van der Waals surface area contributed by atoms with Crippen molar-refractivity contribution in [1.82, 2.24) is 4.98 Å². The Morgan fingerprint density at radius 3 is 2.30 bits per heavy atom. The number of aryl methyl sites for hydroxylation is 2. The van der Waals surface area contributed by atoms with Gasteiger partial charge in [-0.2, -0.15) is 0 Å². The van der Waals surface area contributed by atoms with E-state index in [1.165, 1.54) is 44.5 Å². The van der Waals surface area contributed by atoms with E-state index in [0.29, 0.717) is 0 Å². The minimum Gasteiger partial charge on any atom is -0.497 e. The van der Waals surface area contributed by atoms with Crippen molar-refractivity contribution in [2.24, 2.45) is 0 Å². The Morgan fingerprint density at radius 2 is 1.61 bits per heavy atom. The van der Waals surface area contributed by atoms with E-state index in [2.05, 4.69) is 100 Å². The highest BCUT2D eigenvalue weighted by Gasteiger charge is 2.34. The SMILES string of the molecule is COc1ccc(Cc2c3c(nc4ccc(C)cc24)N(C(C)(C)C)c2cc(C)ccc2C3)cc1. The zero-order chi connectivity index (χ0) is 23.3. The van der Waals surface area contributed by atoms with Gasteiger partial charge in [0, 0.05) is 28.6 Å². The van der Waals surface area contributed by atoms with Gasteiger partial charge in [-0.15, -0.1) is 0 Å². The molecule has 3 aromatic carbocycles. The molecule has 0 N–H and O–H groups in total. The van der Waals surface area contributed by atoms with E-state index < -0.39 is 0 Å². The number of ether oxygens (including phenoxy) is 1. The first-order valence-electron chi connectivity index (χ1n) is 11.7. The zero-order valence-electron chi connectivity index (χ0n) is 20.5. The van der Waals surface area contributed by atoms with Gasteiger partial charge >= 0.3 is 0 Å². The van der Waals surface area contributed by atoms with Crippen LogP contribution in [0, 0.1) is 13.8 Å². The van der Waals surface area contributed by atoms with Crippen LogP contribution in [0.5, 0.6) is 5.75 Å². The predicted molar refractivity (Wildman–Crippen MR) is 138 cm³/mol. The number of aromatic nitrogens is 1. The minimum atomic E-state index is -0.0968. The third-order valence-corrected chi connectivity index (χ3v) is 6.61. The summed E-state index contributed by atoms with van der Waals surface area (Å²) in [5.74, 6) is 1.99. The highest BCUT2D eigenvalue weighted by molar-refractivity contribution is 5.90. The molecule has 168 valence electrons. The van der Waals surface area contributed by atoms with Crippen molar-refractivity contribution in [3.05, 3.63) is 94.0 Å². The van der Waals surface area contributed by atoms with E-state index in [0.717, 1.165) is 29.9 Å². The monoisotopic (exact) mass is 436 g/mol. The summed E-state index contributed by atoms with van der Waals surface area (Å²) >= 11 is 0. The Labute approximate surface area is 197 Å². The highest BCUT2D eigenvalue weighted by Crippen LogP contribution is 2.45. The van der Waals surface area contributed by atoms with Gasteiger partial charge in [0.1, 0.15) is 11.6 Å². The molecule has 1 aliphatic heterocycles. The van der Waals surface area contributed by atoms with Gasteiger partial charge in [0.25, 0.3) is 0 Å². The van der Waals surface area contributed by atoms with Gasteiger partial charge < -0.3 is 9.64 Å². The molecule has 1 aliphatic rings. The molecule has 0 atom stereocenters. The van der Waals surface area contributed by atoms with Crippen molar-refractivity contribution in [2.45, 2.75) is 53.0 Å². The number of fused-ring (bicyclic) bond motifs is 3. The summed E-state index contributed by atoms with van der Waals surface area (Å²) in [6.45, 7) is 11.2. The van der Waals surface area contributed by atoms with Crippen LogP contribution in [0.3, 0.4) is 0 Å². The standard InChI is InChI=1S/C30H32N2O/c1-19-8-14-27-25(15-19)24(17-21-9-12-23(33-6)13-10-21)26-18-22-11-7-20(2)16-28(22)32(29(26)31-27)30(3,4)5/h7-16H,17-18H2,1-6H3. The first-order valence-corrected chi connectivity index (χ1v) is 11.7. The molecule has 4 aromatic rings. The number of hydrogen-bond acceptors (Lipinski definition) is 3. The lowest BCUT2D eigenvalue weighted by molar-refractivity contribution is 0.414. The van der Waals surface area contributed by atoms with E-state index >= 15 is 0 Å². The van der Waals surface area contributed by atoms with Gasteiger partial charge in [0.15, 0.2) is 0 Å². The average Bonchev–Trinajstić information content (AvgIpc) is 2.77. The Hall–Kier alpha value is -3.33. The van der Waals surface area contributed by atoms with Crippen LogP contribution in [-0.2, 0) is 12.8 Å². The first kappa shape index (κ1) is 21.5. The molecule has 0 unspecified atom stereocenters. The van der Waals surface area contributed by atoms with Gasteiger partial charge in [-0.1, -0.05) is 35.9 Å². The summed E-state index contributed by atoms with van der Waals surface area (Å²) in [7, 11) is 1.71. The fourth-order valence-electron chi connectivity index (χ4n) is 5.00. The quantitative estimate of drug-likeness (QED) is 0.337. The molecule has 33 heavy (non-hydrogen) atoms. The number of anilines is 2. The fraction of sp³-hybridized carbons (Fsp3) is 0.300. The third-order valence-electron chi connectivity index (χ3n) is 6.61. The molecule has 0 saturated heterocycles. The second-order valence-electron chi connectivity index (χ2n) is 10.3. The maximum Gasteiger partial charge on any atom is 0.138 e. The van der Waals surface area contributed by atoms with Crippen molar-refractivity contribution in [3.63, 3.8) is 0 Å². The third kappa shape index (κ3) is 3.86. The average molecular weight is 437 g/mol. The Kier molecular flexibility index (Phi) is 5.16. The Morgan fingerprint density at radius 1 is 0.909 bits per heavy atom. The minimum absolute atomic E-state index is 0.0968. The van der Waals surface area contributed by atoms with Gasteiger partial charge in [-0.3, -0.25) is 0 Å². The number of nitrogens with zero attached hydrogens (tertiary/aromatic N) is 2. The largest absolute Gasteiger partial charge is 0.497 e. The molecule has 0 radical (unpaired) electrons. The summed E-state index contributed by atoms with van der Waals surface area (Å²) < 4.78 is 5.38. The molecule has 0 spiro atoms. The maximum atomic E-state index is 5.38. The molecule has 0 aliphatic carbocycles. The van der Waals surface area contributed by atoms with Crippen LogP contribution in [0.15, 0.2) is 60.7 Å². The second kappa shape index (κ2) is 7.91. The molecule has 0 bridgehead atoms. The van der Waals surface area contributed by atoms with Crippen molar-refractivity contribution in [2.75, 3.05) is 12.0 Å². The fourth-order valence-corrected chi connectivity index (χ4v) is 5.00. The van der Waals surface area contributed by atoms with E-state index in [4.69, 9.17) is 9.72 Å². The van der Waals surface area contributed by atoms with Crippen LogP contribution in [0.25, 0.3) is 10.9 Å². The zero-order valence-corrected chi connectivity index (χ0v) is 20.5. The molecule has 5 rings (SSSR count). The molecule has 3 nitrogen and oxygen atoms in total. The lowest BCUT2D eigenvalue weighted by Crippen LogP contribution is -2.41. The number of methoxy groups -OCH3 is 1. The van der Waals surface area contributed by atoms with Gasteiger partial charge in [-0.25, -0.2) is 4.98 Å². The van der Waals surface area contributed by atoms with E-state index in [9.17, 15) is 0 Å². The first-order chi connectivity index (χ1) is 15.7. The number of pyridine rings is 1. The molecule has 3 heteroatoms. The smallest absolute Gasteiger partial charge is 0.138 e. The van der Waals surface area contributed by atoms with E-state index in [-0.39, 0.29) is 5.54 Å². The molecule has 2 heterocycles. The summed E-state index contributed by atoms with van der Waals surface area (Å²) in [6, 6.07) is 21.9. The topological polar surface area (TPSA) is 25.4 Å². The lowest BCUT2D eigenvalue weighted by atomic mass is 9.86.